The number of methoxy groups -OCH3 is 1. The van der Waals surface area contributed by atoms with Crippen molar-refractivity contribution in [1.82, 2.24) is 0 Å². The van der Waals surface area contributed by atoms with Gasteiger partial charge < -0.3 is 10.1 Å². The zero-order chi connectivity index (χ0) is 13.9. The van der Waals surface area contributed by atoms with Crippen molar-refractivity contribution in [3.8, 4) is 6.07 Å². The maximum Gasteiger partial charge on any atom is 0.125 e. The SMILES string of the molecule is COC1CCC(C#N)(Nc2cc(C)cc(F)c2)CC1. The van der Waals surface area contributed by atoms with E-state index in [0.717, 1.165) is 31.2 Å². The van der Waals surface area contributed by atoms with Gasteiger partial charge in [0.25, 0.3) is 0 Å². The number of hydrogen-bond acceptors (Lipinski definition) is 3. The summed E-state index contributed by atoms with van der Waals surface area (Å²) >= 11 is 0. The topological polar surface area (TPSA) is 45.0 Å². The highest BCUT2D eigenvalue weighted by molar-refractivity contribution is 5.50. The largest absolute Gasteiger partial charge is 0.381 e. The highest BCUT2D eigenvalue weighted by atomic mass is 19.1. The summed E-state index contributed by atoms with van der Waals surface area (Å²) in [5.41, 5.74) is 0.922. The molecule has 0 radical (unpaired) electrons. The third kappa shape index (κ3) is 3.24. The number of hydrogen-bond donors (Lipinski definition) is 1. The Hall–Kier alpha value is -1.60. The van der Waals surface area contributed by atoms with Crippen LogP contribution in [0.25, 0.3) is 0 Å². The Morgan fingerprint density at radius 3 is 2.58 bits per heavy atom. The van der Waals surface area contributed by atoms with E-state index in [2.05, 4.69) is 11.4 Å². The van der Waals surface area contributed by atoms with Crippen molar-refractivity contribution in [2.24, 2.45) is 0 Å². The fourth-order valence-electron chi connectivity index (χ4n) is 2.67. The van der Waals surface area contributed by atoms with E-state index < -0.39 is 5.54 Å². The van der Waals surface area contributed by atoms with E-state index in [4.69, 9.17) is 4.74 Å². The summed E-state index contributed by atoms with van der Waals surface area (Å²) in [6.07, 6.45) is 3.38. The Balaban J connectivity index is 2.13. The number of nitriles is 1. The van der Waals surface area contributed by atoms with E-state index in [9.17, 15) is 9.65 Å². The Bertz CT molecular complexity index is 467. The molecule has 1 N–H and O–H groups in total. The molecule has 0 atom stereocenters. The molecule has 1 saturated carbocycles. The summed E-state index contributed by atoms with van der Waals surface area (Å²) < 4.78 is 18.7. The highest BCUT2D eigenvalue weighted by Crippen LogP contribution is 2.32. The number of halogens is 1. The van der Waals surface area contributed by atoms with Crippen molar-refractivity contribution < 1.29 is 9.13 Å². The van der Waals surface area contributed by atoms with E-state index in [1.54, 1.807) is 7.11 Å². The molecule has 0 amide bonds. The lowest BCUT2D eigenvalue weighted by molar-refractivity contribution is 0.0611. The van der Waals surface area contributed by atoms with Gasteiger partial charge >= 0.3 is 0 Å². The predicted molar refractivity (Wildman–Crippen MR) is 72.4 cm³/mol. The van der Waals surface area contributed by atoms with E-state index in [0.29, 0.717) is 5.69 Å². The van der Waals surface area contributed by atoms with Gasteiger partial charge in [-0.3, -0.25) is 0 Å². The van der Waals surface area contributed by atoms with Gasteiger partial charge in [0.2, 0.25) is 0 Å². The zero-order valence-corrected chi connectivity index (χ0v) is 11.4. The van der Waals surface area contributed by atoms with Gasteiger partial charge in [0, 0.05) is 12.8 Å². The summed E-state index contributed by atoms with van der Waals surface area (Å²) in [4.78, 5) is 0. The fourth-order valence-corrected chi connectivity index (χ4v) is 2.67. The summed E-state index contributed by atoms with van der Waals surface area (Å²) in [5, 5.41) is 12.7. The summed E-state index contributed by atoms with van der Waals surface area (Å²) in [6.45, 7) is 1.84. The normalized spacial score (nSPS) is 26.7. The molecule has 1 aliphatic rings. The second-order valence-corrected chi connectivity index (χ2v) is 5.27. The van der Waals surface area contributed by atoms with Gasteiger partial charge in [-0.15, -0.1) is 0 Å². The predicted octanol–water partition coefficient (Wildman–Crippen LogP) is 3.40. The highest BCUT2D eigenvalue weighted by Gasteiger charge is 2.35. The van der Waals surface area contributed by atoms with Crippen molar-refractivity contribution >= 4 is 5.69 Å². The zero-order valence-electron chi connectivity index (χ0n) is 11.4. The van der Waals surface area contributed by atoms with Crippen molar-refractivity contribution in [3.05, 3.63) is 29.6 Å². The molecule has 1 aromatic rings. The first-order chi connectivity index (χ1) is 9.07. The molecular formula is C15H19FN2O. The quantitative estimate of drug-likeness (QED) is 0.908. The molecule has 19 heavy (non-hydrogen) atoms. The molecule has 0 heterocycles. The van der Waals surface area contributed by atoms with Crippen LogP contribution in [0.15, 0.2) is 18.2 Å². The lowest BCUT2D eigenvalue weighted by Gasteiger charge is -2.35. The van der Waals surface area contributed by atoms with Crippen molar-refractivity contribution in [3.63, 3.8) is 0 Å². The second-order valence-electron chi connectivity index (χ2n) is 5.27. The Kier molecular flexibility index (Phi) is 4.06. The first-order valence-electron chi connectivity index (χ1n) is 6.56. The van der Waals surface area contributed by atoms with Gasteiger partial charge in [0.15, 0.2) is 0 Å². The fraction of sp³-hybridized carbons (Fsp3) is 0.533. The first-order valence-corrected chi connectivity index (χ1v) is 6.56. The number of ether oxygens (including phenoxy) is 1. The van der Waals surface area contributed by atoms with E-state index in [-0.39, 0.29) is 11.9 Å². The minimum absolute atomic E-state index is 0.234. The van der Waals surface area contributed by atoms with Crippen molar-refractivity contribution in [2.75, 3.05) is 12.4 Å². The minimum Gasteiger partial charge on any atom is -0.381 e. The molecule has 2 rings (SSSR count). The molecule has 0 aromatic heterocycles. The maximum atomic E-state index is 13.4. The molecule has 0 unspecified atom stereocenters. The lowest BCUT2D eigenvalue weighted by Crippen LogP contribution is -2.42. The molecular weight excluding hydrogens is 243 g/mol. The van der Waals surface area contributed by atoms with Crippen LogP contribution in [-0.4, -0.2) is 18.8 Å². The third-order valence-corrected chi connectivity index (χ3v) is 3.76. The number of benzene rings is 1. The maximum absolute atomic E-state index is 13.4. The monoisotopic (exact) mass is 262 g/mol. The smallest absolute Gasteiger partial charge is 0.125 e. The van der Waals surface area contributed by atoms with E-state index in [1.165, 1.54) is 12.1 Å². The van der Waals surface area contributed by atoms with Crippen molar-refractivity contribution in [2.45, 2.75) is 44.2 Å². The van der Waals surface area contributed by atoms with Crippen LogP contribution in [0.1, 0.15) is 31.2 Å². The van der Waals surface area contributed by atoms with Crippen LogP contribution in [0.5, 0.6) is 0 Å². The van der Waals surface area contributed by atoms with Gasteiger partial charge in [0.1, 0.15) is 11.4 Å². The van der Waals surface area contributed by atoms with Crippen LogP contribution in [0.2, 0.25) is 0 Å². The average Bonchev–Trinajstić information content (AvgIpc) is 2.38. The van der Waals surface area contributed by atoms with E-state index >= 15 is 0 Å². The molecule has 0 bridgehead atoms. The number of nitrogens with one attached hydrogen (secondary N) is 1. The molecule has 4 heteroatoms. The molecule has 0 aliphatic heterocycles. The minimum atomic E-state index is -0.602. The van der Waals surface area contributed by atoms with Crippen LogP contribution in [0.4, 0.5) is 10.1 Å². The van der Waals surface area contributed by atoms with Gasteiger partial charge in [0.05, 0.1) is 12.2 Å². The lowest BCUT2D eigenvalue weighted by atomic mass is 9.81. The van der Waals surface area contributed by atoms with Crippen LogP contribution in [0.3, 0.4) is 0 Å². The third-order valence-electron chi connectivity index (χ3n) is 3.76. The van der Waals surface area contributed by atoms with E-state index in [1.807, 2.05) is 13.0 Å². The summed E-state index contributed by atoms with van der Waals surface area (Å²) in [5.74, 6) is -0.277. The van der Waals surface area contributed by atoms with Gasteiger partial charge in [-0.05, 0) is 56.4 Å². The Morgan fingerprint density at radius 1 is 1.37 bits per heavy atom. The number of anilines is 1. The molecule has 102 valence electrons. The standard InChI is InChI=1S/C15H19FN2O/c1-11-7-12(16)9-13(8-11)18-15(10-17)5-3-14(19-2)4-6-15/h7-9,14,18H,3-6H2,1-2H3. The van der Waals surface area contributed by atoms with Crippen LogP contribution < -0.4 is 5.32 Å². The summed E-state index contributed by atoms with van der Waals surface area (Å²) in [7, 11) is 1.70. The number of nitrogens with zero attached hydrogens (tertiary/aromatic N) is 1. The van der Waals surface area contributed by atoms with Crippen molar-refractivity contribution in [1.29, 1.82) is 5.26 Å². The van der Waals surface area contributed by atoms with Gasteiger partial charge in [-0.2, -0.15) is 5.26 Å². The molecule has 3 nitrogen and oxygen atoms in total. The van der Waals surface area contributed by atoms with Gasteiger partial charge in [-0.1, -0.05) is 0 Å². The number of rotatable bonds is 3. The first kappa shape index (κ1) is 13.8. The van der Waals surface area contributed by atoms with Crippen LogP contribution in [0, 0.1) is 24.1 Å². The molecule has 0 saturated heterocycles. The van der Waals surface area contributed by atoms with Gasteiger partial charge in [-0.25, -0.2) is 4.39 Å². The van der Waals surface area contributed by atoms with Crippen LogP contribution >= 0.6 is 0 Å². The Morgan fingerprint density at radius 2 is 2.05 bits per heavy atom. The second kappa shape index (κ2) is 5.58. The molecule has 1 aromatic carbocycles. The number of aryl methyl sites for hydroxylation is 1. The average molecular weight is 262 g/mol. The Labute approximate surface area is 113 Å². The molecule has 1 aliphatic carbocycles. The molecule has 0 spiro atoms. The molecule has 1 fully saturated rings. The van der Waals surface area contributed by atoms with Crippen LogP contribution in [-0.2, 0) is 4.74 Å². The summed E-state index contributed by atoms with van der Waals surface area (Å²) in [6, 6.07) is 7.14.